The first kappa shape index (κ1) is 13.3. The van der Waals surface area contributed by atoms with Gasteiger partial charge in [-0.15, -0.1) is 0 Å². The van der Waals surface area contributed by atoms with Crippen molar-refractivity contribution in [1.82, 2.24) is 9.78 Å². The Labute approximate surface area is 112 Å². The van der Waals surface area contributed by atoms with Gasteiger partial charge < -0.3 is 10.1 Å². The molecule has 1 N–H and O–H groups in total. The van der Waals surface area contributed by atoms with Crippen LogP contribution in [0.15, 0.2) is 30.5 Å². The number of anilines is 1. The molecule has 0 saturated carbocycles. The average molecular weight is 259 g/mol. The van der Waals surface area contributed by atoms with Crippen molar-refractivity contribution in [2.24, 2.45) is 0 Å². The van der Waals surface area contributed by atoms with Gasteiger partial charge in [0.1, 0.15) is 6.73 Å². The third kappa shape index (κ3) is 3.00. The molecule has 0 saturated heterocycles. The lowest BCUT2D eigenvalue weighted by atomic mass is 10.1. The first-order valence-electron chi connectivity index (χ1n) is 6.02. The highest BCUT2D eigenvalue weighted by Crippen LogP contribution is 2.19. The van der Waals surface area contributed by atoms with Crippen molar-refractivity contribution < 1.29 is 9.53 Å². The predicted molar refractivity (Wildman–Crippen MR) is 73.1 cm³/mol. The van der Waals surface area contributed by atoms with E-state index < -0.39 is 0 Å². The maximum Gasteiger partial charge on any atom is 0.276 e. The topological polar surface area (TPSA) is 56.1 Å². The normalized spacial score (nSPS) is 10.5. The van der Waals surface area contributed by atoms with Crippen LogP contribution in [0.3, 0.4) is 0 Å². The van der Waals surface area contributed by atoms with E-state index in [4.69, 9.17) is 4.74 Å². The number of para-hydroxylation sites is 1. The maximum absolute atomic E-state index is 12.1. The fourth-order valence-electron chi connectivity index (χ4n) is 1.88. The molecule has 19 heavy (non-hydrogen) atoms. The quantitative estimate of drug-likeness (QED) is 0.917. The van der Waals surface area contributed by atoms with Gasteiger partial charge in [0.25, 0.3) is 5.91 Å². The second kappa shape index (κ2) is 5.67. The van der Waals surface area contributed by atoms with Crippen LogP contribution in [0.5, 0.6) is 0 Å². The Morgan fingerprint density at radius 2 is 2.00 bits per heavy atom. The van der Waals surface area contributed by atoms with Gasteiger partial charge in [-0.2, -0.15) is 5.10 Å². The second-order valence-electron chi connectivity index (χ2n) is 4.38. The predicted octanol–water partition coefficient (Wildman–Crippen LogP) is 2.36. The molecule has 0 radical (unpaired) electrons. The zero-order valence-electron chi connectivity index (χ0n) is 11.3. The molecule has 0 unspecified atom stereocenters. The van der Waals surface area contributed by atoms with Crippen LogP contribution in [-0.2, 0) is 11.5 Å². The van der Waals surface area contributed by atoms with Crippen LogP contribution in [0.25, 0.3) is 0 Å². The van der Waals surface area contributed by atoms with Gasteiger partial charge in [-0.3, -0.25) is 4.79 Å². The molecule has 1 amide bonds. The molecule has 0 aliphatic heterocycles. The molecule has 1 heterocycles. The molecule has 2 aromatic rings. The number of rotatable bonds is 4. The summed E-state index contributed by atoms with van der Waals surface area (Å²) in [7, 11) is 1.58. The Balaban J connectivity index is 2.16. The van der Waals surface area contributed by atoms with Crippen LogP contribution in [-0.4, -0.2) is 22.8 Å². The number of nitrogens with zero attached hydrogens (tertiary/aromatic N) is 2. The molecular formula is C14H17N3O2. The summed E-state index contributed by atoms with van der Waals surface area (Å²) in [5.41, 5.74) is 3.28. The molecule has 0 aliphatic rings. The smallest absolute Gasteiger partial charge is 0.276 e. The number of aryl methyl sites for hydroxylation is 2. The summed E-state index contributed by atoms with van der Waals surface area (Å²) in [6, 6.07) is 7.56. The van der Waals surface area contributed by atoms with Crippen LogP contribution in [0.4, 0.5) is 5.69 Å². The Kier molecular flexibility index (Phi) is 3.97. The summed E-state index contributed by atoms with van der Waals surface area (Å²) < 4.78 is 6.52. The Morgan fingerprint density at radius 1 is 1.32 bits per heavy atom. The maximum atomic E-state index is 12.1. The van der Waals surface area contributed by atoms with E-state index in [0.717, 1.165) is 16.8 Å². The first-order chi connectivity index (χ1) is 9.11. The van der Waals surface area contributed by atoms with Gasteiger partial charge in [0.2, 0.25) is 0 Å². The van der Waals surface area contributed by atoms with Gasteiger partial charge in [0.05, 0.1) is 0 Å². The third-order valence-corrected chi connectivity index (χ3v) is 2.85. The molecule has 100 valence electrons. The van der Waals surface area contributed by atoms with E-state index in [9.17, 15) is 4.79 Å². The highest BCUT2D eigenvalue weighted by Gasteiger charge is 2.12. The van der Waals surface area contributed by atoms with Gasteiger partial charge in [-0.1, -0.05) is 18.2 Å². The van der Waals surface area contributed by atoms with E-state index in [0.29, 0.717) is 12.4 Å². The molecule has 0 fully saturated rings. The van der Waals surface area contributed by atoms with Crippen molar-refractivity contribution in [1.29, 1.82) is 0 Å². The van der Waals surface area contributed by atoms with Crippen molar-refractivity contribution >= 4 is 11.6 Å². The van der Waals surface area contributed by atoms with Crippen LogP contribution in [0.1, 0.15) is 21.6 Å². The summed E-state index contributed by atoms with van der Waals surface area (Å²) in [5.74, 6) is -0.216. The SMILES string of the molecule is COCn1ccc(C(=O)Nc2c(C)cccc2C)n1. The summed E-state index contributed by atoms with van der Waals surface area (Å²) >= 11 is 0. The fourth-order valence-corrected chi connectivity index (χ4v) is 1.88. The zero-order valence-corrected chi connectivity index (χ0v) is 11.3. The summed E-state index contributed by atoms with van der Waals surface area (Å²) in [5, 5.41) is 7.03. The number of carbonyl (C=O) groups is 1. The van der Waals surface area contributed by atoms with Crippen LogP contribution in [0.2, 0.25) is 0 Å². The lowest BCUT2D eigenvalue weighted by Gasteiger charge is -2.10. The lowest BCUT2D eigenvalue weighted by molar-refractivity contribution is 0.101. The average Bonchev–Trinajstić information content (AvgIpc) is 2.83. The Morgan fingerprint density at radius 3 is 2.63 bits per heavy atom. The molecule has 5 nitrogen and oxygen atoms in total. The van der Waals surface area contributed by atoms with Crippen molar-refractivity contribution in [3.8, 4) is 0 Å². The number of nitrogens with one attached hydrogen (secondary N) is 1. The van der Waals surface area contributed by atoms with Crippen molar-refractivity contribution in [2.75, 3.05) is 12.4 Å². The number of ether oxygens (including phenoxy) is 1. The molecule has 0 aliphatic carbocycles. The lowest BCUT2D eigenvalue weighted by Crippen LogP contribution is -2.15. The van der Waals surface area contributed by atoms with E-state index in [1.807, 2.05) is 32.0 Å². The molecule has 0 bridgehead atoms. The molecule has 0 spiro atoms. The Hall–Kier alpha value is -2.14. The van der Waals surface area contributed by atoms with Crippen molar-refractivity contribution in [3.63, 3.8) is 0 Å². The van der Waals surface area contributed by atoms with Crippen molar-refractivity contribution in [2.45, 2.75) is 20.6 Å². The number of benzene rings is 1. The summed E-state index contributed by atoms with van der Waals surface area (Å²) in [6.07, 6.45) is 1.71. The number of methoxy groups -OCH3 is 1. The molecule has 1 aromatic carbocycles. The molecular weight excluding hydrogens is 242 g/mol. The van der Waals surface area contributed by atoms with E-state index in [1.165, 1.54) is 0 Å². The monoisotopic (exact) mass is 259 g/mol. The molecule has 0 atom stereocenters. The van der Waals surface area contributed by atoms with E-state index in [-0.39, 0.29) is 5.91 Å². The molecule has 2 rings (SSSR count). The summed E-state index contributed by atoms with van der Waals surface area (Å²) in [6.45, 7) is 4.26. The highest BCUT2D eigenvalue weighted by molar-refractivity contribution is 6.03. The minimum Gasteiger partial charge on any atom is -0.362 e. The van der Waals surface area contributed by atoms with Crippen LogP contribution in [0, 0.1) is 13.8 Å². The highest BCUT2D eigenvalue weighted by atomic mass is 16.5. The van der Waals surface area contributed by atoms with Gasteiger partial charge in [-0.05, 0) is 31.0 Å². The Bertz CT molecular complexity index is 570. The second-order valence-corrected chi connectivity index (χ2v) is 4.38. The molecule has 5 heteroatoms. The standard InChI is InChI=1S/C14H17N3O2/c1-10-5-4-6-11(2)13(10)15-14(18)12-7-8-17(16-12)9-19-3/h4-8H,9H2,1-3H3,(H,15,18). The van der Waals surface area contributed by atoms with E-state index in [1.54, 1.807) is 24.1 Å². The van der Waals surface area contributed by atoms with Crippen molar-refractivity contribution in [3.05, 3.63) is 47.3 Å². The number of carbonyl (C=O) groups excluding carboxylic acids is 1. The fraction of sp³-hybridized carbons (Fsp3) is 0.286. The minimum absolute atomic E-state index is 0.216. The van der Waals surface area contributed by atoms with Crippen LogP contribution < -0.4 is 5.32 Å². The molecule has 1 aromatic heterocycles. The van der Waals surface area contributed by atoms with Gasteiger partial charge in [0.15, 0.2) is 5.69 Å². The zero-order chi connectivity index (χ0) is 13.8. The van der Waals surface area contributed by atoms with E-state index >= 15 is 0 Å². The van der Waals surface area contributed by atoms with Gasteiger partial charge >= 0.3 is 0 Å². The van der Waals surface area contributed by atoms with E-state index in [2.05, 4.69) is 10.4 Å². The number of hydrogen-bond donors (Lipinski definition) is 1. The summed E-state index contributed by atoms with van der Waals surface area (Å²) in [4.78, 5) is 12.1. The van der Waals surface area contributed by atoms with Crippen LogP contribution >= 0.6 is 0 Å². The van der Waals surface area contributed by atoms with Gasteiger partial charge in [0, 0.05) is 19.0 Å². The largest absolute Gasteiger partial charge is 0.362 e. The third-order valence-electron chi connectivity index (χ3n) is 2.85. The first-order valence-corrected chi connectivity index (χ1v) is 6.02. The number of hydrogen-bond acceptors (Lipinski definition) is 3. The van der Waals surface area contributed by atoms with Gasteiger partial charge in [-0.25, -0.2) is 4.68 Å². The minimum atomic E-state index is -0.216. The number of amides is 1. The number of aromatic nitrogens is 2.